The van der Waals surface area contributed by atoms with E-state index in [1.54, 1.807) is 12.1 Å². The first-order chi connectivity index (χ1) is 10.5. The molecule has 22 heavy (non-hydrogen) atoms. The number of benzene rings is 2. The molecule has 0 saturated carbocycles. The maximum Gasteiger partial charge on any atom is 0.259 e. The van der Waals surface area contributed by atoms with Crippen LogP contribution in [0.3, 0.4) is 0 Å². The second-order valence-corrected chi connectivity index (χ2v) is 4.96. The number of rotatable bonds is 5. The first kappa shape index (κ1) is 15.7. The standard InChI is InChI=1S/C17H18FN3O/c1-12-3-5-14(6-4-12)13(2)20-21-17(22)11-19-16-9-7-15(18)8-10-16/h3-10,19H,11H2,1-2H3,(H,21,22). The van der Waals surface area contributed by atoms with Crippen LogP contribution in [-0.2, 0) is 4.79 Å². The minimum atomic E-state index is -0.312. The number of hydrogen-bond acceptors (Lipinski definition) is 3. The number of hydrazone groups is 1. The Labute approximate surface area is 129 Å². The van der Waals surface area contributed by atoms with Gasteiger partial charge in [-0.15, -0.1) is 0 Å². The van der Waals surface area contributed by atoms with Gasteiger partial charge in [-0.05, 0) is 43.7 Å². The highest BCUT2D eigenvalue weighted by atomic mass is 19.1. The fourth-order valence-electron chi connectivity index (χ4n) is 1.80. The van der Waals surface area contributed by atoms with Crippen LogP contribution in [0.4, 0.5) is 10.1 Å². The summed E-state index contributed by atoms with van der Waals surface area (Å²) in [7, 11) is 0. The molecule has 0 bridgehead atoms. The smallest absolute Gasteiger partial charge is 0.259 e. The number of amides is 1. The van der Waals surface area contributed by atoms with Gasteiger partial charge in [0.15, 0.2) is 0 Å². The predicted octanol–water partition coefficient (Wildman–Crippen LogP) is 3.09. The molecule has 2 aromatic carbocycles. The zero-order chi connectivity index (χ0) is 15.9. The lowest BCUT2D eigenvalue weighted by molar-refractivity contribution is -0.119. The molecule has 2 rings (SSSR count). The van der Waals surface area contributed by atoms with E-state index < -0.39 is 0 Å². The van der Waals surface area contributed by atoms with Crippen LogP contribution in [-0.4, -0.2) is 18.2 Å². The van der Waals surface area contributed by atoms with Gasteiger partial charge in [0.05, 0.1) is 12.3 Å². The average molecular weight is 299 g/mol. The molecule has 0 aliphatic heterocycles. The molecule has 0 radical (unpaired) electrons. The maximum absolute atomic E-state index is 12.8. The molecule has 1 amide bonds. The van der Waals surface area contributed by atoms with E-state index in [1.807, 2.05) is 38.1 Å². The minimum absolute atomic E-state index is 0.0658. The maximum atomic E-state index is 12.8. The van der Waals surface area contributed by atoms with Gasteiger partial charge in [0.2, 0.25) is 0 Å². The molecule has 0 fully saturated rings. The number of nitrogens with one attached hydrogen (secondary N) is 2. The van der Waals surface area contributed by atoms with Gasteiger partial charge >= 0.3 is 0 Å². The molecule has 2 aromatic rings. The second kappa shape index (κ2) is 7.36. The van der Waals surface area contributed by atoms with E-state index in [1.165, 1.54) is 17.7 Å². The molecule has 0 atom stereocenters. The molecule has 0 saturated heterocycles. The lowest BCUT2D eigenvalue weighted by atomic mass is 10.1. The highest BCUT2D eigenvalue weighted by molar-refractivity contribution is 5.99. The van der Waals surface area contributed by atoms with Crippen molar-refractivity contribution in [2.75, 3.05) is 11.9 Å². The summed E-state index contributed by atoms with van der Waals surface area (Å²) in [5.41, 5.74) is 6.02. The van der Waals surface area contributed by atoms with E-state index in [2.05, 4.69) is 15.8 Å². The summed E-state index contributed by atoms with van der Waals surface area (Å²) in [6.07, 6.45) is 0. The van der Waals surface area contributed by atoms with E-state index in [9.17, 15) is 9.18 Å². The largest absolute Gasteiger partial charge is 0.376 e. The van der Waals surface area contributed by atoms with Crippen LogP contribution in [0.5, 0.6) is 0 Å². The normalized spacial score (nSPS) is 11.1. The fraction of sp³-hybridized carbons (Fsp3) is 0.176. The van der Waals surface area contributed by atoms with Crippen LogP contribution in [0.25, 0.3) is 0 Å². The second-order valence-electron chi connectivity index (χ2n) is 4.96. The number of nitrogens with zero attached hydrogens (tertiary/aromatic N) is 1. The van der Waals surface area contributed by atoms with Crippen LogP contribution in [0.1, 0.15) is 18.1 Å². The van der Waals surface area contributed by atoms with Crippen molar-refractivity contribution >= 4 is 17.3 Å². The first-order valence-electron chi connectivity index (χ1n) is 6.94. The van der Waals surface area contributed by atoms with E-state index >= 15 is 0 Å². The lowest BCUT2D eigenvalue weighted by Gasteiger charge is -2.06. The summed E-state index contributed by atoms with van der Waals surface area (Å²) in [6.45, 7) is 3.91. The van der Waals surface area contributed by atoms with E-state index in [0.29, 0.717) is 5.69 Å². The molecular formula is C17H18FN3O. The number of anilines is 1. The zero-order valence-electron chi connectivity index (χ0n) is 12.6. The average Bonchev–Trinajstić information content (AvgIpc) is 2.52. The molecule has 2 N–H and O–H groups in total. The molecule has 5 heteroatoms. The zero-order valence-corrected chi connectivity index (χ0v) is 12.6. The lowest BCUT2D eigenvalue weighted by Crippen LogP contribution is -2.26. The summed E-state index contributed by atoms with van der Waals surface area (Å²) < 4.78 is 12.8. The number of carbonyl (C=O) groups excluding carboxylic acids is 1. The van der Waals surface area contributed by atoms with Crippen molar-refractivity contribution in [2.45, 2.75) is 13.8 Å². The number of hydrogen-bond donors (Lipinski definition) is 2. The fourth-order valence-corrected chi connectivity index (χ4v) is 1.80. The van der Waals surface area contributed by atoms with Crippen LogP contribution >= 0.6 is 0 Å². The molecular weight excluding hydrogens is 281 g/mol. The van der Waals surface area contributed by atoms with Gasteiger partial charge in [-0.25, -0.2) is 9.82 Å². The topological polar surface area (TPSA) is 53.5 Å². The minimum Gasteiger partial charge on any atom is -0.376 e. The highest BCUT2D eigenvalue weighted by Gasteiger charge is 2.02. The van der Waals surface area contributed by atoms with Crippen molar-refractivity contribution < 1.29 is 9.18 Å². The van der Waals surface area contributed by atoms with Gasteiger partial charge in [-0.1, -0.05) is 29.8 Å². The Bertz CT molecular complexity index is 663. The van der Waals surface area contributed by atoms with Crippen molar-refractivity contribution in [1.82, 2.24) is 5.43 Å². The van der Waals surface area contributed by atoms with Crippen LogP contribution in [0.15, 0.2) is 53.6 Å². The van der Waals surface area contributed by atoms with Gasteiger partial charge in [-0.3, -0.25) is 4.79 Å². The van der Waals surface area contributed by atoms with Gasteiger partial charge in [-0.2, -0.15) is 5.10 Å². The third-order valence-corrected chi connectivity index (χ3v) is 3.11. The highest BCUT2D eigenvalue weighted by Crippen LogP contribution is 2.07. The van der Waals surface area contributed by atoms with Crippen LogP contribution < -0.4 is 10.7 Å². The summed E-state index contributed by atoms with van der Waals surface area (Å²) in [4.78, 5) is 11.7. The van der Waals surface area contributed by atoms with E-state index in [-0.39, 0.29) is 18.3 Å². The predicted molar refractivity (Wildman–Crippen MR) is 86.4 cm³/mol. The molecule has 0 aromatic heterocycles. The Morgan fingerprint density at radius 1 is 1.09 bits per heavy atom. The SMILES string of the molecule is CC(=NNC(=O)CNc1ccc(F)cc1)c1ccc(C)cc1. The molecule has 0 heterocycles. The Morgan fingerprint density at radius 2 is 1.73 bits per heavy atom. The Hall–Kier alpha value is -2.69. The van der Waals surface area contributed by atoms with Gasteiger partial charge in [0.25, 0.3) is 5.91 Å². The first-order valence-corrected chi connectivity index (χ1v) is 6.94. The van der Waals surface area contributed by atoms with E-state index in [0.717, 1.165) is 11.3 Å². The molecule has 0 unspecified atom stereocenters. The summed E-state index contributed by atoms with van der Waals surface area (Å²) in [5.74, 6) is -0.580. The molecule has 114 valence electrons. The van der Waals surface area contributed by atoms with Crippen LogP contribution in [0, 0.1) is 12.7 Å². The van der Waals surface area contributed by atoms with Crippen molar-refractivity contribution in [3.8, 4) is 0 Å². The van der Waals surface area contributed by atoms with Gasteiger partial charge < -0.3 is 5.32 Å². The Balaban J connectivity index is 1.85. The number of halogens is 1. The summed E-state index contributed by atoms with van der Waals surface area (Å²) in [5, 5.41) is 6.96. The van der Waals surface area contributed by atoms with Crippen molar-refractivity contribution in [3.05, 3.63) is 65.5 Å². The molecule has 0 spiro atoms. The summed E-state index contributed by atoms with van der Waals surface area (Å²) >= 11 is 0. The Morgan fingerprint density at radius 3 is 2.36 bits per heavy atom. The number of carbonyl (C=O) groups is 1. The molecule has 0 aliphatic rings. The monoisotopic (exact) mass is 299 g/mol. The quantitative estimate of drug-likeness (QED) is 0.658. The Kier molecular flexibility index (Phi) is 5.25. The van der Waals surface area contributed by atoms with Crippen molar-refractivity contribution in [1.29, 1.82) is 0 Å². The van der Waals surface area contributed by atoms with E-state index in [4.69, 9.17) is 0 Å². The van der Waals surface area contributed by atoms with Crippen molar-refractivity contribution in [2.24, 2.45) is 5.10 Å². The molecule has 0 aliphatic carbocycles. The summed E-state index contributed by atoms with van der Waals surface area (Å²) in [6, 6.07) is 13.7. The van der Waals surface area contributed by atoms with Crippen LogP contribution in [0.2, 0.25) is 0 Å². The molecule has 4 nitrogen and oxygen atoms in total. The number of aryl methyl sites for hydroxylation is 1. The van der Waals surface area contributed by atoms with Crippen molar-refractivity contribution in [3.63, 3.8) is 0 Å². The van der Waals surface area contributed by atoms with Gasteiger partial charge in [0.1, 0.15) is 5.82 Å². The third-order valence-electron chi connectivity index (χ3n) is 3.11. The van der Waals surface area contributed by atoms with Gasteiger partial charge in [0, 0.05) is 5.69 Å². The third kappa shape index (κ3) is 4.70.